The first kappa shape index (κ1) is 20.0. The summed E-state index contributed by atoms with van der Waals surface area (Å²) in [6.07, 6.45) is 4.48. The van der Waals surface area contributed by atoms with Crippen LogP contribution >= 0.6 is 11.6 Å². The molecule has 4 aromatic heterocycles. The predicted molar refractivity (Wildman–Crippen MR) is 122 cm³/mol. The Kier molecular flexibility index (Phi) is 4.75. The number of ketones is 1. The highest BCUT2D eigenvalue weighted by molar-refractivity contribution is 6.29. The number of hydrogen-bond acceptors (Lipinski definition) is 6. The number of para-hydroxylation sites is 1. The summed E-state index contributed by atoms with van der Waals surface area (Å²) in [7, 11) is 0. The molecule has 5 rings (SSSR count). The maximum atomic E-state index is 13.4. The van der Waals surface area contributed by atoms with Crippen LogP contribution in [-0.4, -0.2) is 34.7 Å². The molecule has 9 nitrogen and oxygen atoms in total. The molecule has 0 radical (unpaired) electrons. The first-order chi connectivity index (χ1) is 15.5. The quantitative estimate of drug-likeness (QED) is 0.397. The third kappa shape index (κ3) is 3.14. The summed E-state index contributed by atoms with van der Waals surface area (Å²) in [5.74, 6) is 0.388. The van der Waals surface area contributed by atoms with Crippen LogP contribution in [0.2, 0.25) is 5.15 Å². The summed E-state index contributed by atoms with van der Waals surface area (Å²) >= 11 is 6.22. The van der Waals surface area contributed by atoms with Gasteiger partial charge in [-0.15, -0.1) is 0 Å². The van der Waals surface area contributed by atoms with Crippen LogP contribution in [0.1, 0.15) is 35.9 Å². The Morgan fingerprint density at radius 2 is 1.97 bits per heavy atom. The molecule has 2 N–H and O–H groups in total. The van der Waals surface area contributed by atoms with Gasteiger partial charge in [-0.25, -0.2) is 24.1 Å². The number of hydrogen-bond donors (Lipinski definition) is 2. The Balaban J connectivity index is 1.69. The predicted octanol–water partition coefficient (Wildman–Crippen LogP) is 3.79. The fourth-order valence-electron chi connectivity index (χ4n) is 3.83. The number of aromatic amines is 1. The number of aromatic nitrogens is 6. The topological polar surface area (TPSA) is 110 Å². The molecule has 0 saturated carbocycles. The van der Waals surface area contributed by atoms with Crippen LogP contribution in [0.15, 0.2) is 59.9 Å². The molecule has 0 aliphatic carbocycles. The standard InChI is InChI=1S/C22H18ClN7O2/c1-12(28-21-19-15(13(2)31)9-25-20(19)26-11-27-21)16-8-18-24-10-17(23)30(18)22(32)29(16)14-6-4-3-5-7-14/h3-12H,1-2H3,(H2,25,26,27,28). The van der Waals surface area contributed by atoms with Gasteiger partial charge >= 0.3 is 5.69 Å². The van der Waals surface area contributed by atoms with E-state index < -0.39 is 0 Å². The maximum Gasteiger partial charge on any atom is 0.339 e. The first-order valence-electron chi connectivity index (χ1n) is 9.89. The molecule has 1 aromatic carbocycles. The van der Waals surface area contributed by atoms with Gasteiger partial charge in [-0.1, -0.05) is 29.8 Å². The number of carbonyl (C=O) groups is 1. The molecule has 0 fully saturated rings. The van der Waals surface area contributed by atoms with E-state index in [1.807, 2.05) is 37.3 Å². The van der Waals surface area contributed by atoms with Gasteiger partial charge in [0, 0.05) is 17.8 Å². The Morgan fingerprint density at radius 3 is 2.72 bits per heavy atom. The number of H-pyrrole nitrogens is 1. The summed E-state index contributed by atoms with van der Waals surface area (Å²) in [5, 5.41) is 4.17. The number of imidazole rings is 1. The molecule has 0 bridgehead atoms. The molecule has 5 aromatic rings. The molecule has 0 spiro atoms. The second-order valence-electron chi connectivity index (χ2n) is 7.37. The molecule has 0 aliphatic rings. The fraction of sp³-hybridized carbons (Fsp3) is 0.136. The number of fused-ring (bicyclic) bond motifs is 2. The van der Waals surface area contributed by atoms with Gasteiger partial charge in [-0.3, -0.25) is 9.36 Å². The second-order valence-corrected chi connectivity index (χ2v) is 7.75. The van der Waals surface area contributed by atoms with Gasteiger partial charge in [0.15, 0.2) is 5.78 Å². The molecule has 32 heavy (non-hydrogen) atoms. The number of halogens is 1. The number of nitrogens with zero attached hydrogens (tertiary/aromatic N) is 5. The van der Waals surface area contributed by atoms with Gasteiger partial charge in [-0.05, 0) is 26.0 Å². The maximum absolute atomic E-state index is 13.4. The minimum Gasteiger partial charge on any atom is -0.361 e. The number of nitrogens with one attached hydrogen (secondary N) is 2. The largest absolute Gasteiger partial charge is 0.361 e. The zero-order valence-corrected chi connectivity index (χ0v) is 18.0. The van der Waals surface area contributed by atoms with Gasteiger partial charge in [-0.2, -0.15) is 0 Å². The number of carbonyl (C=O) groups excluding carboxylic acids is 1. The van der Waals surface area contributed by atoms with Gasteiger partial charge in [0.1, 0.15) is 28.6 Å². The van der Waals surface area contributed by atoms with E-state index in [9.17, 15) is 9.59 Å². The average molecular weight is 448 g/mol. The number of Topliss-reactive ketones (excluding diaryl/α,β-unsaturated/α-hetero) is 1. The smallest absolute Gasteiger partial charge is 0.339 e. The van der Waals surface area contributed by atoms with Crippen molar-refractivity contribution in [1.29, 1.82) is 0 Å². The zero-order valence-electron chi connectivity index (χ0n) is 17.2. The van der Waals surface area contributed by atoms with Crippen LogP contribution in [0.4, 0.5) is 5.82 Å². The third-order valence-corrected chi connectivity index (χ3v) is 5.59. The molecular weight excluding hydrogens is 430 g/mol. The molecule has 4 heterocycles. The van der Waals surface area contributed by atoms with Crippen molar-refractivity contribution in [1.82, 2.24) is 28.9 Å². The highest BCUT2D eigenvalue weighted by Gasteiger charge is 2.21. The molecule has 0 aliphatic heterocycles. The lowest BCUT2D eigenvalue weighted by Gasteiger charge is -2.21. The van der Waals surface area contributed by atoms with E-state index in [1.165, 1.54) is 23.8 Å². The zero-order chi connectivity index (χ0) is 22.4. The van der Waals surface area contributed by atoms with Crippen LogP contribution in [0.5, 0.6) is 0 Å². The summed E-state index contributed by atoms with van der Waals surface area (Å²) in [5.41, 5.74) is 2.49. The normalized spacial score (nSPS) is 12.3. The molecule has 160 valence electrons. The SMILES string of the molecule is CC(=O)c1c[nH]c2ncnc(NC(C)c3cc4ncc(Cl)n4c(=O)n3-c3ccccc3)c12. The van der Waals surface area contributed by atoms with Crippen molar-refractivity contribution in [2.75, 3.05) is 5.32 Å². The van der Waals surface area contributed by atoms with Crippen LogP contribution < -0.4 is 11.0 Å². The third-order valence-electron chi connectivity index (χ3n) is 5.32. The lowest BCUT2D eigenvalue weighted by Crippen LogP contribution is -2.30. The summed E-state index contributed by atoms with van der Waals surface area (Å²) in [6, 6.07) is 10.7. The van der Waals surface area contributed by atoms with Crippen molar-refractivity contribution in [3.8, 4) is 5.69 Å². The Morgan fingerprint density at radius 1 is 1.19 bits per heavy atom. The minimum atomic E-state index is -0.379. The molecule has 0 saturated heterocycles. The first-order valence-corrected chi connectivity index (χ1v) is 10.3. The van der Waals surface area contributed by atoms with Crippen molar-refractivity contribution in [2.45, 2.75) is 19.9 Å². The van der Waals surface area contributed by atoms with Crippen molar-refractivity contribution in [3.05, 3.63) is 82.0 Å². The molecule has 10 heteroatoms. The number of benzene rings is 1. The van der Waals surface area contributed by atoms with Crippen molar-refractivity contribution < 1.29 is 4.79 Å². The average Bonchev–Trinajstić information content (AvgIpc) is 3.39. The van der Waals surface area contributed by atoms with Gasteiger partial charge in [0.2, 0.25) is 0 Å². The summed E-state index contributed by atoms with van der Waals surface area (Å²) in [6.45, 7) is 3.40. The van der Waals surface area contributed by atoms with E-state index in [1.54, 1.807) is 16.8 Å². The van der Waals surface area contributed by atoms with Gasteiger partial charge in [0.05, 0.1) is 29.0 Å². The molecule has 0 amide bonds. The number of rotatable bonds is 5. The monoisotopic (exact) mass is 447 g/mol. The lowest BCUT2D eigenvalue weighted by atomic mass is 10.1. The summed E-state index contributed by atoms with van der Waals surface area (Å²) in [4.78, 5) is 41.3. The Hall–Kier alpha value is -3.98. The Bertz CT molecular complexity index is 1540. The van der Waals surface area contributed by atoms with Crippen LogP contribution in [0.25, 0.3) is 22.4 Å². The van der Waals surface area contributed by atoms with E-state index in [0.717, 1.165) is 0 Å². The van der Waals surface area contributed by atoms with E-state index >= 15 is 0 Å². The molecular formula is C22H18ClN7O2. The van der Waals surface area contributed by atoms with E-state index in [0.29, 0.717) is 39.4 Å². The minimum absolute atomic E-state index is 0.101. The van der Waals surface area contributed by atoms with Crippen molar-refractivity contribution >= 4 is 39.9 Å². The molecule has 1 unspecified atom stereocenters. The van der Waals surface area contributed by atoms with E-state index in [2.05, 4.69) is 25.3 Å². The lowest BCUT2D eigenvalue weighted by molar-refractivity contribution is 0.101. The fourth-order valence-corrected chi connectivity index (χ4v) is 4.03. The molecule has 1 atom stereocenters. The number of anilines is 1. The second kappa shape index (κ2) is 7.61. The highest BCUT2D eigenvalue weighted by Crippen LogP contribution is 2.28. The van der Waals surface area contributed by atoms with Crippen molar-refractivity contribution in [2.24, 2.45) is 0 Å². The highest BCUT2D eigenvalue weighted by atomic mass is 35.5. The van der Waals surface area contributed by atoms with Gasteiger partial charge in [0.25, 0.3) is 0 Å². The van der Waals surface area contributed by atoms with Gasteiger partial charge < -0.3 is 10.3 Å². The summed E-state index contributed by atoms with van der Waals surface area (Å²) < 4.78 is 2.94. The van der Waals surface area contributed by atoms with E-state index in [-0.39, 0.29) is 22.7 Å². The van der Waals surface area contributed by atoms with Crippen LogP contribution in [0, 0.1) is 0 Å². The Labute approximate surface area is 186 Å². The van der Waals surface area contributed by atoms with Crippen molar-refractivity contribution in [3.63, 3.8) is 0 Å². The van der Waals surface area contributed by atoms with Crippen LogP contribution in [-0.2, 0) is 0 Å². The van der Waals surface area contributed by atoms with E-state index in [4.69, 9.17) is 11.6 Å². The van der Waals surface area contributed by atoms with Crippen LogP contribution in [0.3, 0.4) is 0 Å².